The number of rotatable bonds is 3. The molecule has 0 atom stereocenters. The second kappa shape index (κ2) is 6.89. The summed E-state index contributed by atoms with van der Waals surface area (Å²) in [6, 6.07) is 16.8. The summed E-state index contributed by atoms with van der Waals surface area (Å²) >= 11 is 0. The second-order valence-electron chi connectivity index (χ2n) is 7.87. The highest BCUT2D eigenvalue weighted by Crippen LogP contribution is 2.33. The number of fused-ring (bicyclic) bond motifs is 1. The van der Waals surface area contributed by atoms with Crippen LogP contribution in [-0.2, 0) is 4.79 Å². The Kier molecular flexibility index (Phi) is 4.23. The van der Waals surface area contributed by atoms with Crippen molar-refractivity contribution in [2.75, 3.05) is 31.1 Å². The summed E-state index contributed by atoms with van der Waals surface area (Å²) in [5.41, 5.74) is 3.24. The van der Waals surface area contributed by atoms with Crippen LogP contribution < -0.4 is 4.90 Å². The summed E-state index contributed by atoms with van der Waals surface area (Å²) in [5, 5.41) is 11.5. The number of carbonyl (C=O) groups is 1. The predicted octanol–water partition coefficient (Wildman–Crippen LogP) is 3.66. The summed E-state index contributed by atoms with van der Waals surface area (Å²) in [5.74, 6) is 1.55. The van der Waals surface area contributed by atoms with E-state index in [1.165, 1.54) is 5.56 Å². The highest BCUT2D eigenvalue weighted by molar-refractivity contribution is 6.00. The van der Waals surface area contributed by atoms with Gasteiger partial charge in [-0.15, -0.1) is 10.2 Å². The van der Waals surface area contributed by atoms with E-state index < -0.39 is 0 Å². The van der Waals surface area contributed by atoms with Crippen molar-refractivity contribution in [2.24, 2.45) is 5.92 Å². The van der Waals surface area contributed by atoms with Crippen molar-refractivity contribution >= 4 is 22.5 Å². The Morgan fingerprint density at radius 3 is 2.25 bits per heavy atom. The van der Waals surface area contributed by atoms with Crippen LogP contribution in [0.5, 0.6) is 0 Å². The fourth-order valence-electron chi connectivity index (χ4n) is 3.98. The Morgan fingerprint density at radius 1 is 0.893 bits per heavy atom. The minimum absolute atomic E-state index is 0.293. The first kappa shape index (κ1) is 17.2. The van der Waals surface area contributed by atoms with Gasteiger partial charge in [0.15, 0.2) is 5.82 Å². The van der Waals surface area contributed by atoms with Crippen molar-refractivity contribution in [1.29, 1.82) is 0 Å². The van der Waals surface area contributed by atoms with E-state index in [2.05, 4.69) is 70.6 Å². The van der Waals surface area contributed by atoms with Crippen LogP contribution in [0.1, 0.15) is 18.4 Å². The number of nitrogens with zero attached hydrogens (tertiary/aromatic N) is 4. The van der Waals surface area contributed by atoms with E-state index in [9.17, 15) is 4.79 Å². The molecule has 142 valence electrons. The van der Waals surface area contributed by atoms with E-state index in [1.54, 1.807) is 0 Å². The van der Waals surface area contributed by atoms with Crippen LogP contribution in [0, 0.1) is 12.8 Å². The zero-order valence-electron chi connectivity index (χ0n) is 16.1. The van der Waals surface area contributed by atoms with Crippen molar-refractivity contribution < 1.29 is 4.79 Å². The quantitative estimate of drug-likeness (QED) is 0.704. The first-order valence-electron chi connectivity index (χ1n) is 10.1. The first-order chi connectivity index (χ1) is 13.7. The van der Waals surface area contributed by atoms with Gasteiger partial charge in [0.25, 0.3) is 0 Å². The summed E-state index contributed by atoms with van der Waals surface area (Å²) in [6.45, 7) is 5.24. The van der Waals surface area contributed by atoms with Gasteiger partial charge in [0, 0.05) is 48.4 Å². The number of piperazine rings is 1. The highest BCUT2D eigenvalue weighted by atomic mass is 16.2. The molecule has 0 unspecified atom stereocenters. The molecule has 5 heteroatoms. The van der Waals surface area contributed by atoms with Crippen LogP contribution >= 0.6 is 0 Å². The molecule has 0 spiro atoms. The van der Waals surface area contributed by atoms with Gasteiger partial charge in [-0.2, -0.15) is 0 Å². The van der Waals surface area contributed by atoms with Crippen molar-refractivity contribution in [3.8, 4) is 11.3 Å². The van der Waals surface area contributed by atoms with Crippen LogP contribution in [0.15, 0.2) is 48.5 Å². The summed E-state index contributed by atoms with van der Waals surface area (Å²) in [7, 11) is 0. The monoisotopic (exact) mass is 372 g/mol. The van der Waals surface area contributed by atoms with E-state index in [0.29, 0.717) is 11.8 Å². The number of benzene rings is 2. The molecular weight excluding hydrogens is 348 g/mol. The minimum Gasteiger partial charge on any atom is -0.351 e. The molecule has 1 aliphatic carbocycles. The Balaban J connectivity index is 1.45. The molecule has 1 saturated heterocycles. The summed E-state index contributed by atoms with van der Waals surface area (Å²) in [4.78, 5) is 16.6. The van der Waals surface area contributed by atoms with Crippen molar-refractivity contribution in [3.63, 3.8) is 0 Å². The van der Waals surface area contributed by atoms with Gasteiger partial charge in [-0.05, 0) is 19.8 Å². The molecule has 1 aliphatic heterocycles. The van der Waals surface area contributed by atoms with Gasteiger partial charge >= 0.3 is 0 Å². The third-order valence-electron chi connectivity index (χ3n) is 5.81. The largest absolute Gasteiger partial charge is 0.351 e. The number of aryl methyl sites for hydroxylation is 1. The molecule has 3 aromatic rings. The number of carbonyl (C=O) groups excluding carboxylic acids is 1. The lowest BCUT2D eigenvalue weighted by molar-refractivity contribution is -0.132. The van der Waals surface area contributed by atoms with Crippen LogP contribution in [0.3, 0.4) is 0 Å². The number of amides is 1. The SMILES string of the molecule is Cc1ccc(-c2nnc(N3CCN(C(=O)C4CC4)CC3)c3ccccc23)cc1. The van der Waals surface area contributed by atoms with Crippen molar-refractivity contribution in [1.82, 2.24) is 15.1 Å². The average Bonchev–Trinajstić information content (AvgIpc) is 3.59. The Bertz CT molecular complexity index is 1020. The zero-order chi connectivity index (χ0) is 19.1. The lowest BCUT2D eigenvalue weighted by atomic mass is 10.0. The predicted molar refractivity (Wildman–Crippen MR) is 111 cm³/mol. The lowest BCUT2D eigenvalue weighted by Crippen LogP contribution is -2.49. The number of anilines is 1. The fourth-order valence-corrected chi connectivity index (χ4v) is 3.98. The van der Waals surface area contributed by atoms with Gasteiger partial charge in [-0.3, -0.25) is 4.79 Å². The molecule has 2 fully saturated rings. The van der Waals surface area contributed by atoms with Crippen LogP contribution in [0.25, 0.3) is 22.0 Å². The molecular formula is C23H24N4O. The number of hydrogen-bond acceptors (Lipinski definition) is 4. The molecule has 1 amide bonds. The maximum absolute atomic E-state index is 12.3. The Hall–Kier alpha value is -2.95. The molecule has 0 N–H and O–H groups in total. The molecule has 0 radical (unpaired) electrons. The molecule has 2 aromatic carbocycles. The third-order valence-corrected chi connectivity index (χ3v) is 5.81. The van der Waals surface area contributed by atoms with Crippen LogP contribution in [0.4, 0.5) is 5.82 Å². The summed E-state index contributed by atoms with van der Waals surface area (Å²) in [6.07, 6.45) is 2.13. The highest BCUT2D eigenvalue weighted by Gasteiger charge is 2.35. The van der Waals surface area contributed by atoms with Gasteiger partial charge < -0.3 is 9.80 Å². The third kappa shape index (κ3) is 3.11. The topological polar surface area (TPSA) is 49.3 Å². The molecule has 1 aromatic heterocycles. The average molecular weight is 372 g/mol. The molecule has 2 heterocycles. The second-order valence-corrected chi connectivity index (χ2v) is 7.87. The molecule has 28 heavy (non-hydrogen) atoms. The molecule has 0 bridgehead atoms. The molecule has 5 rings (SSSR count). The van der Waals surface area contributed by atoms with E-state index in [1.807, 2.05) is 4.90 Å². The van der Waals surface area contributed by atoms with Gasteiger partial charge in [0.05, 0.1) is 0 Å². The Labute approximate surface area is 165 Å². The van der Waals surface area contributed by atoms with Gasteiger partial charge in [-0.25, -0.2) is 0 Å². The normalized spacial score (nSPS) is 17.2. The van der Waals surface area contributed by atoms with Crippen molar-refractivity contribution in [2.45, 2.75) is 19.8 Å². The van der Waals surface area contributed by atoms with E-state index in [-0.39, 0.29) is 0 Å². The number of aromatic nitrogens is 2. The van der Waals surface area contributed by atoms with Crippen LogP contribution in [-0.4, -0.2) is 47.2 Å². The maximum Gasteiger partial charge on any atom is 0.225 e. The van der Waals surface area contributed by atoms with Gasteiger partial charge in [0.2, 0.25) is 5.91 Å². The lowest BCUT2D eigenvalue weighted by Gasteiger charge is -2.35. The minimum atomic E-state index is 0.293. The summed E-state index contributed by atoms with van der Waals surface area (Å²) < 4.78 is 0. The van der Waals surface area contributed by atoms with Crippen LogP contribution in [0.2, 0.25) is 0 Å². The fraction of sp³-hybridized carbons (Fsp3) is 0.348. The van der Waals surface area contributed by atoms with E-state index >= 15 is 0 Å². The standard InChI is InChI=1S/C23H24N4O/c1-16-6-8-17(9-7-16)21-19-4-2-3-5-20(19)22(25-24-21)26-12-14-27(15-13-26)23(28)18-10-11-18/h2-9,18H,10-15H2,1H3. The van der Waals surface area contributed by atoms with E-state index in [4.69, 9.17) is 0 Å². The van der Waals surface area contributed by atoms with Gasteiger partial charge in [-0.1, -0.05) is 54.1 Å². The zero-order valence-corrected chi connectivity index (χ0v) is 16.1. The molecule has 5 nitrogen and oxygen atoms in total. The van der Waals surface area contributed by atoms with Crippen molar-refractivity contribution in [3.05, 3.63) is 54.1 Å². The smallest absolute Gasteiger partial charge is 0.225 e. The molecule has 2 aliphatic rings. The van der Waals surface area contributed by atoms with E-state index in [0.717, 1.165) is 66.9 Å². The first-order valence-corrected chi connectivity index (χ1v) is 10.1. The number of hydrogen-bond donors (Lipinski definition) is 0. The Morgan fingerprint density at radius 2 is 1.57 bits per heavy atom. The molecule has 1 saturated carbocycles. The van der Waals surface area contributed by atoms with Gasteiger partial charge in [0.1, 0.15) is 5.69 Å². The maximum atomic E-state index is 12.3.